The number of benzene rings is 1. The molecule has 1 fully saturated rings. The maximum atomic E-state index is 11.8. The van der Waals surface area contributed by atoms with Crippen molar-refractivity contribution < 1.29 is 14.3 Å². The number of ether oxygens (including phenoxy) is 1. The number of hydrogen-bond donors (Lipinski definition) is 3. The van der Waals surface area contributed by atoms with Crippen LogP contribution in [0.1, 0.15) is 25.7 Å². The van der Waals surface area contributed by atoms with Gasteiger partial charge < -0.3 is 15.4 Å². The van der Waals surface area contributed by atoms with Gasteiger partial charge in [-0.1, -0.05) is 24.4 Å². The van der Waals surface area contributed by atoms with E-state index in [9.17, 15) is 9.59 Å². The zero-order valence-corrected chi connectivity index (χ0v) is 13.2. The van der Waals surface area contributed by atoms with E-state index in [-0.39, 0.29) is 12.6 Å². The predicted octanol–water partition coefficient (Wildman–Crippen LogP) is 2.53. The first kappa shape index (κ1) is 16.4. The first-order valence-electron chi connectivity index (χ1n) is 7.26. The summed E-state index contributed by atoms with van der Waals surface area (Å²) in [5, 5.41) is 8.53. The van der Waals surface area contributed by atoms with Crippen LogP contribution in [-0.2, 0) is 4.79 Å². The summed E-state index contributed by atoms with van der Waals surface area (Å²) in [6, 6.07) is 4.79. The third-order valence-electron chi connectivity index (χ3n) is 3.54. The Kier molecular flexibility index (Phi) is 5.89. The zero-order chi connectivity index (χ0) is 15.9. The second kappa shape index (κ2) is 7.89. The number of amides is 3. The lowest BCUT2D eigenvalue weighted by molar-refractivity contribution is -0.118. The number of methoxy groups -OCH3 is 1. The van der Waals surface area contributed by atoms with Gasteiger partial charge in [-0.2, -0.15) is 0 Å². The third-order valence-corrected chi connectivity index (χ3v) is 3.78. The molecule has 0 radical (unpaired) electrons. The number of carbonyl (C=O) groups excluding carboxylic acids is 2. The lowest BCUT2D eigenvalue weighted by Crippen LogP contribution is -2.45. The van der Waals surface area contributed by atoms with E-state index in [1.165, 1.54) is 7.11 Å². The molecule has 1 aromatic rings. The topological polar surface area (TPSA) is 79.5 Å². The Morgan fingerprint density at radius 3 is 2.73 bits per heavy atom. The number of hydrogen-bond acceptors (Lipinski definition) is 4. The van der Waals surface area contributed by atoms with Crippen LogP contribution in [-0.4, -0.2) is 31.6 Å². The van der Waals surface area contributed by atoms with Crippen LogP contribution in [0.5, 0.6) is 5.75 Å². The average molecular weight is 326 g/mol. The molecule has 0 unspecified atom stereocenters. The molecule has 0 bridgehead atoms. The monoisotopic (exact) mass is 325 g/mol. The molecule has 3 N–H and O–H groups in total. The molecule has 0 aromatic heterocycles. The second-order valence-corrected chi connectivity index (χ2v) is 5.64. The molecule has 2 rings (SSSR count). The molecule has 0 aliphatic heterocycles. The second-order valence-electron chi connectivity index (χ2n) is 5.20. The fraction of sp³-hybridized carbons (Fsp3) is 0.467. The number of anilines is 1. The SMILES string of the molecule is COc1ccc(Cl)cc1NCC(=O)NC(=O)NC1CCCC1. The molecule has 0 spiro atoms. The third kappa shape index (κ3) is 4.80. The van der Waals surface area contributed by atoms with Gasteiger partial charge in [0.1, 0.15) is 5.75 Å². The van der Waals surface area contributed by atoms with Crippen LogP contribution in [0.15, 0.2) is 18.2 Å². The molecule has 1 aliphatic rings. The Hall–Kier alpha value is -1.95. The van der Waals surface area contributed by atoms with Crippen molar-refractivity contribution in [2.45, 2.75) is 31.7 Å². The molecular weight excluding hydrogens is 306 g/mol. The molecule has 22 heavy (non-hydrogen) atoms. The number of rotatable bonds is 5. The van der Waals surface area contributed by atoms with Crippen LogP contribution in [0.3, 0.4) is 0 Å². The number of nitrogens with one attached hydrogen (secondary N) is 3. The van der Waals surface area contributed by atoms with Crippen molar-refractivity contribution in [2.24, 2.45) is 0 Å². The number of imide groups is 1. The van der Waals surface area contributed by atoms with Gasteiger partial charge in [-0.25, -0.2) is 4.79 Å². The summed E-state index contributed by atoms with van der Waals surface area (Å²) >= 11 is 5.91. The van der Waals surface area contributed by atoms with E-state index in [1.807, 2.05) is 0 Å². The largest absolute Gasteiger partial charge is 0.495 e. The quantitative estimate of drug-likeness (QED) is 0.777. The minimum absolute atomic E-state index is 0.0468. The maximum absolute atomic E-state index is 11.8. The van der Waals surface area contributed by atoms with Crippen LogP contribution in [0.4, 0.5) is 10.5 Å². The summed E-state index contributed by atoms with van der Waals surface area (Å²) in [7, 11) is 1.53. The Morgan fingerprint density at radius 1 is 1.32 bits per heavy atom. The van der Waals surface area contributed by atoms with Crippen LogP contribution in [0, 0.1) is 0 Å². The number of halogens is 1. The van der Waals surface area contributed by atoms with Crippen LogP contribution >= 0.6 is 11.6 Å². The van der Waals surface area contributed by atoms with Gasteiger partial charge in [0.2, 0.25) is 5.91 Å². The summed E-state index contributed by atoms with van der Waals surface area (Å²) in [5.41, 5.74) is 0.598. The van der Waals surface area contributed by atoms with Gasteiger partial charge in [0, 0.05) is 11.1 Å². The fourth-order valence-electron chi connectivity index (χ4n) is 2.46. The highest BCUT2D eigenvalue weighted by Gasteiger charge is 2.18. The van der Waals surface area contributed by atoms with Gasteiger partial charge in [0.05, 0.1) is 19.3 Å². The van der Waals surface area contributed by atoms with E-state index in [0.29, 0.717) is 16.5 Å². The highest BCUT2D eigenvalue weighted by molar-refractivity contribution is 6.30. The van der Waals surface area contributed by atoms with Crippen molar-refractivity contribution in [3.8, 4) is 5.75 Å². The molecule has 1 saturated carbocycles. The molecule has 120 valence electrons. The van der Waals surface area contributed by atoms with E-state index in [0.717, 1.165) is 25.7 Å². The van der Waals surface area contributed by atoms with Crippen molar-refractivity contribution in [2.75, 3.05) is 19.0 Å². The summed E-state index contributed by atoms with van der Waals surface area (Å²) < 4.78 is 5.17. The van der Waals surface area contributed by atoms with Crippen LogP contribution in [0.25, 0.3) is 0 Å². The Bertz CT molecular complexity index is 545. The average Bonchev–Trinajstić information content (AvgIpc) is 2.98. The highest BCUT2D eigenvalue weighted by Crippen LogP contribution is 2.27. The minimum Gasteiger partial charge on any atom is -0.495 e. The molecule has 1 aromatic carbocycles. The van der Waals surface area contributed by atoms with E-state index >= 15 is 0 Å². The van der Waals surface area contributed by atoms with Gasteiger partial charge >= 0.3 is 6.03 Å². The Morgan fingerprint density at radius 2 is 2.05 bits per heavy atom. The summed E-state index contributed by atoms with van der Waals surface area (Å²) in [4.78, 5) is 23.5. The first-order valence-corrected chi connectivity index (χ1v) is 7.64. The van der Waals surface area contributed by atoms with Gasteiger partial charge in [0.25, 0.3) is 0 Å². The van der Waals surface area contributed by atoms with Crippen molar-refractivity contribution in [3.05, 3.63) is 23.2 Å². The van der Waals surface area contributed by atoms with E-state index in [4.69, 9.17) is 16.3 Å². The fourth-order valence-corrected chi connectivity index (χ4v) is 2.63. The van der Waals surface area contributed by atoms with Crippen molar-refractivity contribution in [3.63, 3.8) is 0 Å². The molecule has 3 amide bonds. The molecule has 7 heteroatoms. The smallest absolute Gasteiger partial charge is 0.321 e. The van der Waals surface area contributed by atoms with Gasteiger partial charge in [0.15, 0.2) is 0 Å². The molecule has 1 aliphatic carbocycles. The van der Waals surface area contributed by atoms with Crippen molar-refractivity contribution >= 4 is 29.2 Å². The lowest BCUT2D eigenvalue weighted by atomic mass is 10.2. The number of urea groups is 1. The molecule has 0 heterocycles. The standard InChI is InChI=1S/C15H20ClN3O3/c1-22-13-7-6-10(16)8-12(13)17-9-14(20)19-15(21)18-11-4-2-3-5-11/h6-8,11,17H,2-5,9H2,1H3,(H2,18,19,20,21). The molecular formula is C15H20ClN3O3. The maximum Gasteiger partial charge on any atom is 0.321 e. The van der Waals surface area contributed by atoms with Crippen LogP contribution in [0.2, 0.25) is 5.02 Å². The Labute approximate surface area is 134 Å². The van der Waals surface area contributed by atoms with Gasteiger partial charge in [-0.05, 0) is 31.0 Å². The lowest BCUT2D eigenvalue weighted by Gasteiger charge is -2.13. The van der Waals surface area contributed by atoms with Crippen LogP contribution < -0.4 is 20.7 Å². The summed E-state index contributed by atoms with van der Waals surface area (Å²) in [5.74, 6) is 0.158. The normalized spacial score (nSPS) is 14.5. The first-order chi connectivity index (χ1) is 10.6. The zero-order valence-electron chi connectivity index (χ0n) is 12.4. The number of carbonyl (C=O) groups is 2. The molecule has 0 atom stereocenters. The van der Waals surface area contributed by atoms with Crippen molar-refractivity contribution in [1.82, 2.24) is 10.6 Å². The predicted molar refractivity (Wildman–Crippen MR) is 85.4 cm³/mol. The van der Waals surface area contributed by atoms with Crippen molar-refractivity contribution in [1.29, 1.82) is 0 Å². The van der Waals surface area contributed by atoms with Gasteiger partial charge in [-0.15, -0.1) is 0 Å². The summed E-state index contributed by atoms with van der Waals surface area (Å²) in [6.45, 7) is -0.0468. The van der Waals surface area contributed by atoms with E-state index in [1.54, 1.807) is 18.2 Å². The van der Waals surface area contributed by atoms with Gasteiger partial charge in [-0.3, -0.25) is 10.1 Å². The minimum atomic E-state index is -0.447. The van der Waals surface area contributed by atoms with E-state index < -0.39 is 11.9 Å². The van der Waals surface area contributed by atoms with E-state index in [2.05, 4.69) is 16.0 Å². The molecule has 0 saturated heterocycles. The summed E-state index contributed by atoms with van der Waals surface area (Å²) in [6.07, 6.45) is 4.18. The highest BCUT2D eigenvalue weighted by atomic mass is 35.5. The molecule has 6 nitrogen and oxygen atoms in total. The Balaban J connectivity index is 1.79.